The van der Waals surface area contributed by atoms with Gasteiger partial charge in [0.15, 0.2) is 0 Å². The highest BCUT2D eigenvalue weighted by Crippen LogP contribution is 2.21. The van der Waals surface area contributed by atoms with Crippen LogP contribution >= 0.6 is 0 Å². The molecule has 0 aliphatic rings. The minimum absolute atomic E-state index is 0.0338. The predicted octanol–water partition coefficient (Wildman–Crippen LogP) is 0.933. The van der Waals surface area contributed by atoms with E-state index in [1.165, 1.54) is 12.1 Å². The zero-order valence-corrected chi connectivity index (χ0v) is 7.43. The van der Waals surface area contributed by atoms with Crippen LogP contribution in [0, 0.1) is 0 Å². The number of anilines is 1. The summed E-state index contributed by atoms with van der Waals surface area (Å²) in [6.45, 7) is -0.298. The number of aromatic hydroxyl groups is 1. The van der Waals surface area contributed by atoms with Crippen LogP contribution in [0.15, 0.2) is 24.3 Å². The number of ether oxygens (including phenoxy) is 1. The summed E-state index contributed by atoms with van der Waals surface area (Å²) in [5.41, 5.74) is 0.274. The smallest absolute Gasteiger partial charge is 0.411 e. The lowest BCUT2D eigenvalue weighted by molar-refractivity contribution is 0.131. The number of phenols is 1. The molecule has 0 atom stereocenters. The highest BCUT2D eigenvalue weighted by Gasteiger charge is 2.05. The van der Waals surface area contributed by atoms with Crippen molar-refractivity contribution in [1.82, 2.24) is 0 Å². The topological polar surface area (TPSA) is 78.8 Å². The summed E-state index contributed by atoms with van der Waals surface area (Å²) in [7, 11) is 0. The zero-order valence-electron chi connectivity index (χ0n) is 7.43. The van der Waals surface area contributed by atoms with E-state index in [0.29, 0.717) is 0 Å². The van der Waals surface area contributed by atoms with Gasteiger partial charge in [0.2, 0.25) is 0 Å². The highest BCUT2D eigenvalue weighted by molar-refractivity contribution is 5.86. The zero-order chi connectivity index (χ0) is 10.4. The summed E-state index contributed by atoms with van der Waals surface area (Å²) in [6, 6.07) is 6.29. The molecule has 0 unspecified atom stereocenters. The van der Waals surface area contributed by atoms with Gasteiger partial charge in [0.25, 0.3) is 0 Å². The molecule has 0 bridgehead atoms. The third-order valence-corrected chi connectivity index (χ3v) is 1.47. The maximum Gasteiger partial charge on any atom is 0.411 e. The molecule has 0 fully saturated rings. The molecule has 3 N–H and O–H groups in total. The molecule has 0 saturated heterocycles. The van der Waals surface area contributed by atoms with Gasteiger partial charge in [-0.1, -0.05) is 12.1 Å². The Bertz CT molecular complexity index is 313. The van der Waals surface area contributed by atoms with Gasteiger partial charge in [0.05, 0.1) is 12.3 Å². The highest BCUT2D eigenvalue weighted by atomic mass is 16.6. The Balaban J connectivity index is 2.52. The first kappa shape index (κ1) is 10.3. The molecule has 1 aromatic rings. The van der Waals surface area contributed by atoms with Crippen molar-refractivity contribution in [2.45, 2.75) is 0 Å². The van der Waals surface area contributed by atoms with Crippen molar-refractivity contribution in [3.8, 4) is 5.75 Å². The van der Waals surface area contributed by atoms with Crippen LogP contribution in [-0.4, -0.2) is 29.5 Å². The number of carbonyl (C=O) groups is 1. The Labute approximate surface area is 80.9 Å². The second-order valence-electron chi connectivity index (χ2n) is 2.50. The number of hydrogen-bond acceptors (Lipinski definition) is 4. The molecule has 0 saturated carbocycles. The average molecular weight is 197 g/mol. The first-order valence-corrected chi connectivity index (χ1v) is 4.06. The first-order valence-electron chi connectivity index (χ1n) is 4.06. The standard InChI is InChI=1S/C9H11NO4/c11-5-6-14-9(13)10-7-3-1-2-4-8(7)12/h1-4,11-12H,5-6H2,(H,10,13). The Kier molecular flexibility index (Phi) is 3.75. The number of amides is 1. The van der Waals surface area contributed by atoms with Crippen molar-refractivity contribution in [2.24, 2.45) is 0 Å². The minimum atomic E-state index is -0.708. The molecule has 5 nitrogen and oxygen atoms in total. The molecule has 76 valence electrons. The fourth-order valence-electron chi connectivity index (χ4n) is 0.864. The second kappa shape index (κ2) is 5.08. The lowest BCUT2D eigenvalue weighted by Crippen LogP contribution is -2.15. The fraction of sp³-hybridized carbons (Fsp3) is 0.222. The Morgan fingerprint density at radius 1 is 1.43 bits per heavy atom. The number of aliphatic hydroxyl groups excluding tert-OH is 1. The molecule has 0 heterocycles. The Morgan fingerprint density at radius 2 is 2.14 bits per heavy atom. The van der Waals surface area contributed by atoms with Crippen LogP contribution in [-0.2, 0) is 4.74 Å². The average Bonchev–Trinajstić information content (AvgIpc) is 2.18. The van der Waals surface area contributed by atoms with Gasteiger partial charge in [0.1, 0.15) is 12.4 Å². The van der Waals surface area contributed by atoms with Crippen LogP contribution in [0.2, 0.25) is 0 Å². The van der Waals surface area contributed by atoms with E-state index in [1.807, 2.05) is 0 Å². The molecular weight excluding hydrogens is 186 g/mol. The van der Waals surface area contributed by atoms with Crippen molar-refractivity contribution in [3.05, 3.63) is 24.3 Å². The molecule has 0 aliphatic carbocycles. The van der Waals surface area contributed by atoms with Crippen LogP contribution in [0.1, 0.15) is 0 Å². The van der Waals surface area contributed by atoms with E-state index >= 15 is 0 Å². The van der Waals surface area contributed by atoms with Crippen LogP contribution in [0.4, 0.5) is 10.5 Å². The Morgan fingerprint density at radius 3 is 2.79 bits per heavy atom. The van der Waals surface area contributed by atoms with Gasteiger partial charge in [-0.05, 0) is 12.1 Å². The second-order valence-corrected chi connectivity index (χ2v) is 2.50. The summed E-state index contributed by atoms with van der Waals surface area (Å²) in [6.07, 6.45) is -0.708. The SMILES string of the molecule is O=C(Nc1ccccc1O)OCCO. The largest absolute Gasteiger partial charge is 0.506 e. The lowest BCUT2D eigenvalue weighted by Gasteiger charge is -2.06. The van der Waals surface area contributed by atoms with Crippen LogP contribution in [0.5, 0.6) is 5.75 Å². The molecule has 5 heteroatoms. The number of rotatable bonds is 3. The molecule has 0 aromatic heterocycles. The molecule has 0 aliphatic heterocycles. The molecule has 1 rings (SSSR count). The lowest BCUT2D eigenvalue weighted by atomic mass is 10.3. The van der Waals surface area contributed by atoms with E-state index in [0.717, 1.165) is 0 Å². The number of hydrogen-bond donors (Lipinski definition) is 3. The summed E-state index contributed by atoms with van der Waals surface area (Å²) in [5.74, 6) is -0.0338. The number of aliphatic hydroxyl groups is 1. The maximum atomic E-state index is 11.0. The quantitative estimate of drug-likeness (QED) is 0.630. The Hall–Kier alpha value is -1.75. The van der Waals surface area contributed by atoms with E-state index in [2.05, 4.69) is 10.1 Å². The summed E-state index contributed by atoms with van der Waals surface area (Å²) in [4.78, 5) is 11.0. The van der Waals surface area contributed by atoms with Crippen LogP contribution in [0.25, 0.3) is 0 Å². The van der Waals surface area contributed by atoms with Crippen molar-refractivity contribution in [3.63, 3.8) is 0 Å². The monoisotopic (exact) mass is 197 g/mol. The summed E-state index contributed by atoms with van der Waals surface area (Å²) < 4.78 is 4.54. The minimum Gasteiger partial charge on any atom is -0.506 e. The molecule has 1 aromatic carbocycles. The van der Waals surface area contributed by atoms with Gasteiger partial charge >= 0.3 is 6.09 Å². The number of phenolic OH excluding ortho intramolecular Hbond substituents is 1. The van der Waals surface area contributed by atoms with Crippen molar-refractivity contribution < 1.29 is 19.7 Å². The van der Waals surface area contributed by atoms with Gasteiger partial charge in [0, 0.05) is 0 Å². The van der Waals surface area contributed by atoms with Crippen LogP contribution in [0.3, 0.4) is 0 Å². The fourth-order valence-corrected chi connectivity index (χ4v) is 0.864. The van der Waals surface area contributed by atoms with Gasteiger partial charge in [-0.25, -0.2) is 4.79 Å². The van der Waals surface area contributed by atoms with Crippen molar-refractivity contribution in [2.75, 3.05) is 18.5 Å². The number of carbonyl (C=O) groups excluding carboxylic acids is 1. The van der Waals surface area contributed by atoms with Crippen molar-refractivity contribution >= 4 is 11.8 Å². The third-order valence-electron chi connectivity index (χ3n) is 1.47. The normalized spacial score (nSPS) is 9.50. The first-order chi connectivity index (χ1) is 6.74. The van der Waals surface area contributed by atoms with E-state index < -0.39 is 6.09 Å². The number of para-hydroxylation sites is 2. The van der Waals surface area contributed by atoms with E-state index in [-0.39, 0.29) is 24.7 Å². The van der Waals surface area contributed by atoms with Crippen LogP contribution < -0.4 is 5.32 Å². The predicted molar refractivity (Wildman–Crippen MR) is 50.2 cm³/mol. The van der Waals surface area contributed by atoms with E-state index in [9.17, 15) is 9.90 Å². The molecule has 0 spiro atoms. The number of nitrogens with one attached hydrogen (secondary N) is 1. The molecule has 0 radical (unpaired) electrons. The van der Waals surface area contributed by atoms with Gasteiger partial charge in [-0.15, -0.1) is 0 Å². The molecule has 1 amide bonds. The molecule has 14 heavy (non-hydrogen) atoms. The number of benzene rings is 1. The van der Waals surface area contributed by atoms with Gasteiger partial charge < -0.3 is 14.9 Å². The summed E-state index contributed by atoms with van der Waals surface area (Å²) >= 11 is 0. The van der Waals surface area contributed by atoms with E-state index in [1.54, 1.807) is 12.1 Å². The van der Waals surface area contributed by atoms with E-state index in [4.69, 9.17) is 5.11 Å². The maximum absolute atomic E-state index is 11.0. The van der Waals surface area contributed by atoms with Gasteiger partial charge in [-0.2, -0.15) is 0 Å². The summed E-state index contributed by atoms with van der Waals surface area (Å²) in [5, 5.41) is 20.0. The molecular formula is C9H11NO4. The van der Waals surface area contributed by atoms with Gasteiger partial charge in [-0.3, -0.25) is 5.32 Å². The van der Waals surface area contributed by atoms with Crippen molar-refractivity contribution in [1.29, 1.82) is 0 Å². The third kappa shape index (κ3) is 2.95.